The fraction of sp³-hybridized carbons (Fsp3) is 0.600. The summed E-state index contributed by atoms with van der Waals surface area (Å²) in [6.07, 6.45) is 0. The first-order chi connectivity index (χ1) is 8.71. The van der Waals surface area contributed by atoms with Gasteiger partial charge in [0.15, 0.2) is 5.60 Å². The quantitative estimate of drug-likeness (QED) is 0.859. The van der Waals surface area contributed by atoms with E-state index < -0.39 is 11.2 Å². The molecule has 0 fully saturated rings. The van der Waals surface area contributed by atoms with Crippen LogP contribution in [0.1, 0.15) is 36.1 Å². The van der Waals surface area contributed by atoms with E-state index in [1.54, 1.807) is 21.0 Å². The highest BCUT2D eigenvalue weighted by Crippen LogP contribution is 2.53. The lowest BCUT2D eigenvalue weighted by Gasteiger charge is -2.34. The maximum absolute atomic E-state index is 10.9. The van der Waals surface area contributed by atoms with Crippen LogP contribution in [0.4, 0.5) is 0 Å². The Morgan fingerprint density at radius 2 is 1.68 bits per heavy atom. The van der Waals surface area contributed by atoms with Gasteiger partial charge >= 0.3 is 0 Å². The summed E-state index contributed by atoms with van der Waals surface area (Å²) in [5.74, 6) is 1.40. The van der Waals surface area contributed by atoms with Crippen molar-refractivity contribution in [3.8, 4) is 11.5 Å². The second-order valence-electron chi connectivity index (χ2n) is 5.74. The molecule has 0 unspecified atom stereocenters. The summed E-state index contributed by atoms with van der Waals surface area (Å²) < 4.78 is 11.4. The molecule has 0 spiro atoms. The Hall–Kier alpha value is -1.26. The molecule has 0 saturated heterocycles. The molecule has 1 aromatic rings. The normalized spacial score (nSPS) is 24.0. The Morgan fingerprint density at radius 3 is 2.16 bits per heavy atom. The average molecular weight is 266 g/mol. The summed E-state index contributed by atoms with van der Waals surface area (Å²) in [6, 6.07) is 0. The Morgan fingerprint density at radius 1 is 1.11 bits per heavy atom. The van der Waals surface area contributed by atoms with Gasteiger partial charge in [0.2, 0.25) is 0 Å². The molecule has 106 valence electrons. The minimum atomic E-state index is -1.42. The Kier molecular flexibility index (Phi) is 3.07. The topological polar surface area (TPSA) is 58.9 Å². The second kappa shape index (κ2) is 4.12. The number of rotatable bonds is 2. The maximum atomic E-state index is 10.9. The number of aliphatic hydroxyl groups excluding tert-OH is 1. The highest BCUT2D eigenvalue weighted by Gasteiger charge is 2.55. The molecule has 2 rings (SSSR count). The molecular weight excluding hydrogens is 244 g/mol. The summed E-state index contributed by atoms with van der Waals surface area (Å²) in [5.41, 5.74) is 1.10. The largest absolute Gasteiger partial charge is 0.496 e. The number of fused-ring (bicyclic) bond motifs is 1. The van der Waals surface area contributed by atoms with E-state index in [0.717, 1.165) is 22.4 Å². The van der Waals surface area contributed by atoms with Gasteiger partial charge in [0.1, 0.15) is 17.1 Å². The zero-order chi connectivity index (χ0) is 14.6. The summed E-state index contributed by atoms with van der Waals surface area (Å²) >= 11 is 0. The van der Waals surface area contributed by atoms with Gasteiger partial charge in [-0.15, -0.1) is 0 Å². The number of ether oxygens (including phenoxy) is 2. The van der Waals surface area contributed by atoms with Gasteiger partial charge in [-0.3, -0.25) is 0 Å². The molecule has 1 aromatic carbocycles. The summed E-state index contributed by atoms with van der Waals surface area (Å²) in [4.78, 5) is 0. The van der Waals surface area contributed by atoms with Crippen LogP contribution in [0.3, 0.4) is 0 Å². The van der Waals surface area contributed by atoms with E-state index >= 15 is 0 Å². The lowest BCUT2D eigenvalue weighted by atomic mass is 9.79. The van der Waals surface area contributed by atoms with Crippen LogP contribution < -0.4 is 9.47 Å². The summed E-state index contributed by atoms with van der Waals surface area (Å²) in [7, 11) is 1.61. The smallest absolute Gasteiger partial charge is 0.155 e. The number of hydrogen-bond donors (Lipinski definition) is 2. The standard InChI is InChI=1S/C15H22O4/c1-8-9(2)13-11(10(3)12(8)18-6)15(17,7-16)14(4,5)19-13/h16-17H,7H2,1-6H3/t15-/m1/s1. The third-order valence-corrected chi connectivity index (χ3v) is 4.39. The molecule has 1 aliphatic rings. The highest BCUT2D eigenvalue weighted by atomic mass is 16.5. The van der Waals surface area contributed by atoms with E-state index in [0.29, 0.717) is 11.3 Å². The molecule has 0 aliphatic carbocycles. The van der Waals surface area contributed by atoms with Crippen LogP contribution in [0.15, 0.2) is 0 Å². The minimum Gasteiger partial charge on any atom is -0.496 e. The van der Waals surface area contributed by atoms with Crippen LogP contribution in [-0.4, -0.2) is 29.5 Å². The van der Waals surface area contributed by atoms with Gasteiger partial charge < -0.3 is 19.7 Å². The predicted octanol–water partition coefficient (Wildman–Crippen LogP) is 1.97. The van der Waals surface area contributed by atoms with E-state index in [-0.39, 0.29) is 6.61 Å². The lowest BCUT2D eigenvalue weighted by molar-refractivity contribution is -0.123. The highest BCUT2D eigenvalue weighted by molar-refractivity contribution is 5.62. The van der Waals surface area contributed by atoms with E-state index in [2.05, 4.69) is 0 Å². The van der Waals surface area contributed by atoms with Crippen molar-refractivity contribution >= 4 is 0 Å². The van der Waals surface area contributed by atoms with Crippen molar-refractivity contribution in [3.63, 3.8) is 0 Å². The SMILES string of the molecule is COc1c(C)c(C)c2c(c1C)[C@](O)(CO)C(C)(C)O2. The van der Waals surface area contributed by atoms with Crippen molar-refractivity contribution in [2.45, 2.75) is 45.8 Å². The van der Waals surface area contributed by atoms with Crippen molar-refractivity contribution in [3.05, 3.63) is 22.3 Å². The third-order valence-electron chi connectivity index (χ3n) is 4.39. The maximum Gasteiger partial charge on any atom is 0.155 e. The van der Waals surface area contributed by atoms with Gasteiger partial charge in [-0.2, -0.15) is 0 Å². The molecule has 0 radical (unpaired) electrons. The molecule has 19 heavy (non-hydrogen) atoms. The van der Waals surface area contributed by atoms with Crippen LogP contribution >= 0.6 is 0 Å². The predicted molar refractivity (Wildman–Crippen MR) is 72.9 cm³/mol. The molecule has 2 N–H and O–H groups in total. The van der Waals surface area contributed by atoms with Crippen molar-refractivity contribution in [2.24, 2.45) is 0 Å². The molecule has 0 saturated carbocycles. The van der Waals surface area contributed by atoms with Gasteiger partial charge in [0.05, 0.1) is 13.7 Å². The van der Waals surface area contributed by atoms with Gasteiger partial charge in [-0.1, -0.05) is 0 Å². The van der Waals surface area contributed by atoms with E-state index in [4.69, 9.17) is 9.47 Å². The molecule has 4 nitrogen and oxygen atoms in total. The Balaban J connectivity index is 2.85. The van der Waals surface area contributed by atoms with Crippen LogP contribution in [0.2, 0.25) is 0 Å². The van der Waals surface area contributed by atoms with Crippen molar-refractivity contribution < 1.29 is 19.7 Å². The van der Waals surface area contributed by atoms with Gasteiger partial charge in [-0.25, -0.2) is 0 Å². The number of methoxy groups -OCH3 is 1. The molecule has 0 aromatic heterocycles. The van der Waals surface area contributed by atoms with E-state index in [9.17, 15) is 10.2 Å². The van der Waals surface area contributed by atoms with Gasteiger partial charge in [0, 0.05) is 11.1 Å². The Bertz CT molecular complexity index is 534. The molecule has 1 atom stereocenters. The lowest BCUT2D eigenvalue weighted by Crippen LogP contribution is -2.49. The third kappa shape index (κ3) is 1.60. The van der Waals surface area contributed by atoms with Crippen LogP contribution in [-0.2, 0) is 5.60 Å². The first kappa shape index (κ1) is 14.2. The zero-order valence-electron chi connectivity index (χ0n) is 12.4. The fourth-order valence-corrected chi connectivity index (χ4v) is 2.93. The summed E-state index contributed by atoms with van der Waals surface area (Å²) in [5, 5.41) is 20.6. The van der Waals surface area contributed by atoms with Crippen LogP contribution in [0, 0.1) is 20.8 Å². The molecule has 0 amide bonds. The van der Waals surface area contributed by atoms with E-state index in [1.807, 2.05) is 20.8 Å². The van der Waals surface area contributed by atoms with Crippen LogP contribution in [0.25, 0.3) is 0 Å². The summed E-state index contributed by atoms with van der Waals surface area (Å²) in [6.45, 7) is 8.96. The molecule has 0 bridgehead atoms. The van der Waals surface area contributed by atoms with Crippen molar-refractivity contribution in [1.82, 2.24) is 0 Å². The van der Waals surface area contributed by atoms with E-state index in [1.165, 1.54) is 0 Å². The first-order valence-electron chi connectivity index (χ1n) is 6.41. The van der Waals surface area contributed by atoms with Gasteiger partial charge in [0.25, 0.3) is 0 Å². The minimum absolute atomic E-state index is 0.389. The monoisotopic (exact) mass is 266 g/mol. The molecule has 1 heterocycles. The number of benzene rings is 1. The molecule has 1 aliphatic heterocycles. The number of hydrogen-bond acceptors (Lipinski definition) is 4. The number of aliphatic hydroxyl groups is 2. The van der Waals surface area contributed by atoms with Crippen molar-refractivity contribution in [1.29, 1.82) is 0 Å². The van der Waals surface area contributed by atoms with Gasteiger partial charge in [-0.05, 0) is 45.7 Å². The first-order valence-corrected chi connectivity index (χ1v) is 6.41. The van der Waals surface area contributed by atoms with Crippen molar-refractivity contribution in [2.75, 3.05) is 13.7 Å². The zero-order valence-corrected chi connectivity index (χ0v) is 12.4. The molecular formula is C15H22O4. The van der Waals surface area contributed by atoms with Crippen LogP contribution in [0.5, 0.6) is 11.5 Å². The second-order valence-corrected chi connectivity index (χ2v) is 5.74. The average Bonchev–Trinajstić information content (AvgIpc) is 2.56. The Labute approximate surface area is 114 Å². The fourth-order valence-electron chi connectivity index (χ4n) is 2.93. The molecule has 4 heteroatoms.